The molecule has 1 heterocycles. The van der Waals surface area contributed by atoms with Crippen molar-refractivity contribution in [3.8, 4) is 5.75 Å². The second-order valence-corrected chi connectivity index (χ2v) is 4.75. The van der Waals surface area contributed by atoms with Gasteiger partial charge in [-0.2, -0.15) is 0 Å². The van der Waals surface area contributed by atoms with Crippen molar-refractivity contribution < 1.29 is 14.6 Å². The molecule has 0 spiro atoms. The Balaban J connectivity index is 1.71. The highest BCUT2D eigenvalue weighted by Crippen LogP contribution is 2.18. The number of benzene rings is 2. The van der Waals surface area contributed by atoms with Gasteiger partial charge in [0.05, 0.1) is 12.1 Å². The molecular weight excluding hydrogens is 266 g/mol. The van der Waals surface area contributed by atoms with E-state index in [0.717, 1.165) is 16.7 Å². The van der Waals surface area contributed by atoms with Crippen molar-refractivity contribution in [2.24, 2.45) is 0 Å². The molecule has 3 aromatic rings. The summed E-state index contributed by atoms with van der Waals surface area (Å²) in [6.45, 7) is 1.28. The highest BCUT2D eigenvalue weighted by molar-refractivity contribution is 5.93. The van der Waals surface area contributed by atoms with Crippen LogP contribution in [0.1, 0.15) is 10.4 Å². The molecule has 0 aliphatic rings. The lowest BCUT2D eigenvalue weighted by atomic mass is 10.1. The number of ether oxygens (including phenoxy) is 1. The van der Waals surface area contributed by atoms with E-state index in [1.807, 2.05) is 48.7 Å². The quantitative estimate of drug-likeness (QED) is 0.779. The molecule has 0 saturated heterocycles. The molecule has 0 bridgehead atoms. The number of carboxylic acid groups (broad SMARTS) is 1. The van der Waals surface area contributed by atoms with E-state index in [4.69, 9.17) is 9.84 Å². The molecule has 0 aliphatic carbocycles. The van der Waals surface area contributed by atoms with Gasteiger partial charge in [-0.25, -0.2) is 4.79 Å². The number of aromatic nitrogens is 1. The molecule has 2 aromatic carbocycles. The number of nitrogens with zero attached hydrogens (tertiary/aromatic N) is 1. The number of aromatic carboxylic acids is 1. The maximum Gasteiger partial charge on any atom is 0.335 e. The third kappa shape index (κ3) is 2.89. The Hall–Kier alpha value is -2.75. The Morgan fingerprint density at radius 1 is 1.10 bits per heavy atom. The molecule has 0 atom stereocenters. The zero-order chi connectivity index (χ0) is 14.7. The average molecular weight is 281 g/mol. The zero-order valence-corrected chi connectivity index (χ0v) is 11.4. The van der Waals surface area contributed by atoms with E-state index in [2.05, 4.69) is 4.57 Å². The lowest BCUT2D eigenvalue weighted by Crippen LogP contribution is -2.07. The number of hydrogen-bond donors (Lipinski definition) is 1. The molecule has 0 amide bonds. The normalized spacial score (nSPS) is 10.7. The molecule has 21 heavy (non-hydrogen) atoms. The second kappa shape index (κ2) is 5.71. The fraction of sp³-hybridized carbons (Fsp3) is 0.118. The number of para-hydroxylation sites is 1. The van der Waals surface area contributed by atoms with Crippen LogP contribution in [0.25, 0.3) is 10.9 Å². The molecular formula is C17H15NO3. The van der Waals surface area contributed by atoms with E-state index in [1.54, 1.807) is 12.1 Å². The summed E-state index contributed by atoms with van der Waals surface area (Å²) in [5.41, 5.74) is 1.32. The van der Waals surface area contributed by atoms with Gasteiger partial charge < -0.3 is 14.4 Å². The van der Waals surface area contributed by atoms with Gasteiger partial charge in [0, 0.05) is 17.1 Å². The van der Waals surface area contributed by atoms with Crippen molar-refractivity contribution >= 4 is 16.9 Å². The fourth-order valence-corrected chi connectivity index (χ4v) is 2.31. The molecule has 0 aliphatic heterocycles. The van der Waals surface area contributed by atoms with Gasteiger partial charge in [0.25, 0.3) is 0 Å². The largest absolute Gasteiger partial charge is 0.492 e. The van der Waals surface area contributed by atoms with Gasteiger partial charge in [-0.15, -0.1) is 0 Å². The molecule has 0 radical (unpaired) electrons. The Labute approximate surface area is 122 Å². The van der Waals surface area contributed by atoms with Crippen LogP contribution in [0.5, 0.6) is 5.75 Å². The van der Waals surface area contributed by atoms with E-state index in [0.29, 0.717) is 18.7 Å². The van der Waals surface area contributed by atoms with Gasteiger partial charge >= 0.3 is 5.97 Å². The van der Waals surface area contributed by atoms with Crippen molar-refractivity contribution in [1.82, 2.24) is 4.57 Å². The zero-order valence-electron chi connectivity index (χ0n) is 11.4. The van der Waals surface area contributed by atoms with E-state index < -0.39 is 5.97 Å². The van der Waals surface area contributed by atoms with Crippen molar-refractivity contribution in [3.05, 3.63) is 66.4 Å². The molecule has 0 fully saturated rings. The van der Waals surface area contributed by atoms with Gasteiger partial charge in [-0.3, -0.25) is 0 Å². The summed E-state index contributed by atoms with van der Waals surface area (Å²) in [6.07, 6.45) is 1.95. The van der Waals surface area contributed by atoms with Crippen LogP contribution in [-0.4, -0.2) is 22.2 Å². The summed E-state index contributed by atoms with van der Waals surface area (Å²) < 4.78 is 7.73. The van der Waals surface area contributed by atoms with E-state index in [9.17, 15) is 4.79 Å². The number of rotatable bonds is 5. The Morgan fingerprint density at radius 3 is 2.67 bits per heavy atom. The van der Waals surface area contributed by atoms with E-state index in [1.165, 1.54) is 0 Å². The minimum absolute atomic E-state index is 0.306. The molecule has 1 aromatic heterocycles. The predicted molar refractivity (Wildman–Crippen MR) is 80.8 cm³/mol. The topological polar surface area (TPSA) is 51.5 Å². The van der Waals surface area contributed by atoms with Gasteiger partial charge in [-0.05, 0) is 36.4 Å². The van der Waals surface area contributed by atoms with Crippen LogP contribution in [0.3, 0.4) is 0 Å². The van der Waals surface area contributed by atoms with Crippen LogP contribution in [0.4, 0.5) is 0 Å². The first kappa shape index (κ1) is 13.2. The first-order valence-electron chi connectivity index (χ1n) is 6.74. The van der Waals surface area contributed by atoms with Crippen LogP contribution in [0.2, 0.25) is 0 Å². The summed E-state index contributed by atoms with van der Waals surface area (Å²) >= 11 is 0. The molecule has 106 valence electrons. The number of hydrogen-bond acceptors (Lipinski definition) is 2. The van der Waals surface area contributed by atoms with Crippen molar-refractivity contribution in [2.45, 2.75) is 6.54 Å². The van der Waals surface area contributed by atoms with E-state index in [-0.39, 0.29) is 0 Å². The molecule has 3 rings (SSSR count). The monoisotopic (exact) mass is 281 g/mol. The number of carbonyl (C=O) groups is 1. The third-order valence-electron chi connectivity index (χ3n) is 3.36. The maximum atomic E-state index is 11.0. The predicted octanol–water partition coefficient (Wildman–Crippen LogP) is 3.42. The van der Waals surface area contributed by atoms with Crippen LogP contribution in [0, 0.1) is 0 Å². The average Bonchev–Trinajstić information content (AvgIpc) is 2.91. The summed E-state index contributed by atoms with van der Waals surface area (Å²) in [7, 11) is 0. The highest BCUT2D eigenvalue weighted by Gasteiger charge is 2.06. The minimum atomic E-state index is -0.905. The van der Waals surface area contributed by atoms with Crippen LogP contribution in [0.15, 0.2) is 60.8 Å². The van der Waals surface area contributed by atoms with Gasteiger partial charge in [-0.1, -0.05) is 18.2 Å². The lowest BCUT2D eigenvalue weighted by molar-refractivity contribution is 0.0697. The van der Waals surface area contributed by atoms with Crippen LogP contribution in [-0.2, 0) is 6.54 Å². The fourth-order valence-electron chi connectivity index (χ4n) is 2.31. The summed E-state index contributed by atoms with van der Waals surface area (Å²) in [5.74, 6) is -0.0563. The molecule has 1 N–H and O–H groups in total. The standard InChI is InChI=1S/C17H15NO3/c19-17(20)14-6-7-16-13(12-14)8-9-18(16)10-11-21-15-4-2-1-3-5-15/h1-9,12H,10-11H2,(H,19,20). The summed E-state index contributed by atoms with van der Waals surface area (Å²) in [4.78, 5) is 11.0. The smallest absolute Gasteiger partial charge is 0.335 e. The maximum absolute atomic E-state index is 11.0. The van der Waals surface area contributed by atoms with Crippen LogP contribution < -0.4 is 4.74 Å². The first-order valence-corrected chi connectivity index (χ1v) is 6.74. The Kier molecular flexibility index (Phi) is 3.60. The van der Waals surface area contributed by atoms with Gasteiger partial charge in [0.15, 0.2) is 0 Å². The van der Waals surface area contributed by atoms with Crippen molar-refractivity contribution in [3.63, 3.8) is 0 Å². The number of fused-ring (bicyclic) bond motifs is 1. The Morgan fingerprint density at radius 2 is 1.90 bits per heavy atom. The Bertz CT molecular complexity index is 762. The highest BCUT2D eigenvalue weighted by atomic mass is 16.5. The third-order valence-corrected chi connectivity index (χ3v) is 3.36. The molecule has 4 heteroatoms. The van der Waals surface area contributed by atoms with Crippen LogP contribution >= 0.6 is 0 Å². The minimum Gasteiger partial charge on any atom is -0.492 e. The van der Waals surface area contributed by atoms with Gasteiger partial charge in [0.1, 0.15) is 12.4 Å². The van der Waals surface area contributed by atoms with Crippen molar-refractivity contribution in [1.29, 1.82) is 0 Å². The summed E-state index contributed by atoms with van der Waals surface area (Å²) in [6, 6.07) is 16.7. The molecule has 0 unspecified atom stereocenters. The SMILES string of the molecule is O=C(O)c1ccc2c(ccn2CCOc2ccccc2)c1. The molecule has 4 nitrogen and oxygen atoms in total. The first-order chi connectivity index (χ1) is 10.2. The number of carboxylic acids is 1. The second-order valence-electron chi connectivity index (χ2n) is 4.75. The molecule has 0 saturated carbocycles. The summed E-state index contributed by atoms with van der Waals surface area (Å²) in [5, 5.41) is 9.92. The lowest BCUT2D eigenvalue weighted by Gasteiger charge is -2.08. The van der Waals surface area contributed by atoms with E-state index >= 15 is 0 Å². The van der Waals surface area contributed by atoms with Crippen molar-refractivity contribution in [2.75, 3.05) is 6.61 Å². The van der Waals surface area contributed by atoms with Gasteiger partial charge in [0.2, 0.25) is 0 Å².